The van der Waals surface area contributed by atoms with Gasteiger partial charge < -0.3 is 21.5 Å². The van der Waals surface area contributed by atoms with Crippen LogP contribution in [0.3, 0.4) is 0 Å². The zero-order chi connectivity index (χ0) is 25.5. The molecule has 2 N–H and O–H groups in total. The van der Waals surface area contributed by atoms with Gasteiger partial charge in [0, 0.05) is 23.5 Å². The molecule has 1 heterocycles. The Balaban J connectivity index is 0.00000253. The molecule has 0 bridgehead atoms. The van der Waals surface area contributed by atoms with E-state index in [1.54, 1.807) is 4.90 Å². The maximum Gasteiger partial charge on any atom is 1.00 e. The molecule has 0 aliphatic carbocycles. The number of nitrogens with zero attached hydrogens (tertiary/aromatic N) is 1. The fourth-order valence-electron chi connectivity index (χ4n) is 4.71. The average Bonchev–Trinajstić information content (AvgIpc) is 2.90. The Morgan fingerprint density at radius 1 is 0.919 bits per heavy atom. The fourth-order valence-corrected chi connectivity index (χ4v) is 4.88. The number of ether oxygens (including phenoxy) is 1. The van der Waals surface area contributed by atoms with E-state index in [-0.39, 0.29) is 71.8 Å². The molecule has 4 rings (SSSR count). The van der Waals surface area contributed by atoms with Crippen molar-refractivity contribution in [3.63, 3.8) is 0 Å². The summed E-state index contributed by atoms with van der Waals surface area (Å²) >= 11 is 5.83. The third-order valence-corrected chi connectivity index (χ3v) is 6.80. The molecule has 3 aromatic carbocycles. The van der Waals surface area contributed by atoms with Gasteiger partial charge in [0.2, 0.25) is 11.8 Å². The van der Waals surface area contributed by atoms with E-state index in [0.717, 1.165) is 12.8 Å². The number of carboxylic acids is 1. The standard InChI is InChI=1S/C28H27ClN2O5.Na.H/c29-22-11-12-24(23(17-22)27(34)35)30-25(32)18-36-19-26(33)31-15-13-28(14-16-31,20-7-3-1-4-8-20)21-9-5-2-6-10-21;;/h1-12,17H,13-16,18-19H2,(H,30,32)(H,34,35);;/q;+1;-1. The van der Waals surface area contributed by atoms with Gasteiger partial charge in [0.1, 0.15) is 13.2 Å². The molecule has 7 nitrogen and oxygen atoms in total. The molecule has 2 amide bonds. The van der Waals surface area contributed by atoms with Gasteiger partial charge in [0.15, 0.2) is 0 Å². The summed E-state index contributed by atoms with van der Waals surface area (Å²) in [5.74, 6) is -1.95. The van der Waals surface area contributed by atoms with Crippen LogP contribution in [0.15, 0.2) is 78.9 Å². The molecule has 9 heteroatoms. The molecule has 0 aromatic heterocycles. The first-order valence-electron chi connectivity index (χ1n) is 11.7. The fraction of sp³-hybridized carbons (Fsp3) is 0.250. The van der Waals surface area contributed by atoms with E-state index < -0.39 is 11.9 Å². The molecule has 0 spiro atoms. The first-order valence-corrected chi connectivity index (χ1v) is 12.1. The first-order chi connectivity index (χ1) is 17.4. The molecule has 0 unspecified atom stereocenters. The molecule has 0 atom stereocenters. The van der Waals surface area contributed by atoms with Crippen molar-refractivity contribution in [3.05, 3.63) is 101 Å². The number of hydrogen-bond acceptors (Lipinski definition) is 4. The number of rotatable bonds is 8. The molecule has 3 aromatic rings. The topological polar surface area (TPSA) is 95.9 Å². The molecule has 1 aliphatic rings. The van der Waals surface area contributed by atoms with E-state index >= 15 is 0 Å². The molecule has 0 radical (unpaired) electrons. The number of anilines is 1. The number of benzene rings is 3. The minimum Gasteiger partial charge on any atom is -1.00 e. The normalized spacial score (nSPS) is 14.4. The average molecular weight is 531 g/mol. The van der Waals surface area contributed by atoms with Crippen LogP contribution in [0, 0.1) is 0 Å². The zero-order valence-corrected chi connectivity index (χ0v) is 23.4. The van der Waals surface area contributed by atoms with Gasteiger partial charge >= 0.3 is 35.5 Å². The van der Waals surface area contributed by atoms with Gasteiger partial charge in [-0.3, -0.25) is 9.59 Å². The second-order valence-electron chi connectivity index (χ2n) is 8.73. The van der Waals surface area contributed by atoms with Crippen LogP contribution in [0.25, 0.3) is 0 Å². The molecule has 188 valence electrons. The Kier molecular flexibility index (Phi) is 10.3. The van der Waals surface area contributed by atoms with Crippen LogP contribution in [0.2, 0.25) is 5.02 Å². The number of amides is 2. The van der Waals surface area contributed by atoms with Crippen LogP contribution in [0.1, 0.15) is 35.8 Å². The van der Waals surface area contributed by atoms with Crippen molar-refractivity contribution in [3.8, 4) is 0 Å². The third kappa shape index (κ3) is 7.00. The van der Waals surface area contributed by atoms with Crippen LogP contribution < -0.4 is 34.9 Å². The molecule has 1 fully saturated rings. The van der Waals surface area contributed by atoms with Crippen molar-refractivity contribution >= 4 is 35.1 Å². The van der Waals surface area contributed by atoms with E-state index in [4.69, 9.17) is 16.3 Å². The number of aromatic carboxylic acids is 1. The Hall–Kier alpha value is -2.68. The molecular formula is C28H28ClN2NaO5. The smallest absolute Gasteiger partial charge is 1.00 e. The second-order valence-corrected chi connectivity index (χ2v) is 9.17. The number of nitrogens with one attached hydrogen (secondary N) is 1. The van der Waals surface area contributed by atoms with Crippen molar-refractivity contribution in [1.29, 1.82) is 0 Å². The van der Waals surface area contributed by atoms with Crippen molar-refractivity contribution in [2.45, 2.75) is 18.3 Å². The summed E-state index contributed by atoms with van der Waals surface area (Å²) in [6.45, 7) is 0.540. The van der Waals surface area contributed by atoms with E-state index in [9.17, 15) is 19.5 Å². The molecule has 1 aliphatic heterocycles. The number of hydrogen-bond donors (Lipinski definition) is 2. The predicted molar refractivity (Wildman–Crippen MR) is 138 cm³/mol. The van der Waals surface area contributed by atoms with Gasteiger partial charge in [-0.05, 0) is 42.2 Å². The summed E-state index contributed by atoms with van der Waals surface area (Å²) in [7, 11) is 0. The minimum atomic E-state index is -1.21. The molecule has 0 saturated carbocycles. The van der Waals surface area contributed by atoms with Gasteiger partial charge in [0.25, 0.3) is 0 Å². The van der Waals surface area contributed by atoms with Crippen LogP contribution in [-0.4, -0.2) is 54.1 Å². The Morgan fingerprint density at radius 3 is 2.03 bits per heavy atom. The second kappa shape index (κ2) is 13.2. The van der Waals surface area contributed by atoms with Crippen LogP contribution >= 0.6 is 11.6 Å². The van der Waals surface area contributed by atoms with E-state index in [1.165, 1.54) is 29.3 Å². The van der Waals surface area contributed by atoms with Crippen LogP contribution in [-0.2, 0) is 19.7 Å². The number of piperidine rings is 1. The van der Waals surface area contributed by atoms with Gasteiger partial charge in [0.05, 0.1) is 11.3 Å². The van der Waals surface area contributed by atoms with Crippen LogP contribution in [0.5, 0.6) is 0 Å². The van der Waals surface area contributed by atoms with Crippen LogP contribution in [0.4, 0.5) is 5.69 Å². The Labute approximate surface area is 244 Å². The maximum atomic E-state index is 12.8. The summed E-state index contributed by atoms with van der Waals surface area (Å²) in [6.07, 6.45) is 1.56. The first kappa shape index (κ1) is 28.9. The van der Waals surface area contributed by atoms with Gasteiger partial charge in [-0.25, -0.2) is 4.79 Å². The molecule has 1 saturated heterocycles. The van der Waals surface area contributed by atoms with Crippen molar-refractivity contribution in [2.24, 2.45) is 0 Å². The summed E-state index contributed by atoms with van der Waals surface area (Å²) in [4.78, 5) is 38.2. The largest absolute Gasteiger partial charge is 1.00 e. The Bertz CT molecular complexity index is 1200. The number of likely N-dealkylation sites (tertiary alicyclic amines) is 1. The summed E-state index contributed by atoms with van der Waals surface area (Å²) in [6, 6.07) is 24.9. The predicted octanol–water partition coefficient (Wildman–Crippen LogP) is 1.72. The number of carbonyl (C=O) groups excluding carboxylic acids is 2. The molecule has 37 heavy (non-hydrogen) atoms. The van der Waals surface area contributed by atoms with Crippen molar-refractivity contribution in [1.82, 2.24) is 4.90 Å². The minimum absolute atomic E-state index is 0. The Morgan fingerprint density at radius 2 is 1.49 bits per heavy atom. The van der Waals surface area contributed by atoms with Gasteiger partial charge in [-0.1, -0.05) is 72.3 Å². The summed E-state index contributed by atoms with van der Waals surface area (Å²) < 4.78 is 5.35. The van der Waals surface area contributed by atoms with Crippen molar-refractivity contribution < 1.29 is 55.2 Å². The van der Waals surface area contributed by atoms with Gasteiger partial charge in [-0.15, -0.1) is 0 Å². The van der Waals surface area contributed by atoms with E-state index in [1.807, 2.05) is 36.4 Å². The quantitative estimate of drug-likeness (QED) is 0.432. The number of carbonyl (C=O) groups is 3. The SMILES string of the molecule is O=C(COCC(=O)N1CCC(c2ccccc2)(c2ccccc2)CC1)Nc1ccc(Cl)cc1C(=O)O.[H-].[Na+]. The monoisotopic (exact) mass is 530 g/mol. The summed E-state index contributed by atoms with van der Waals surface area (Å²) in [5.41, 5.74) is 2.29. The number of carboxylic acid groups (broad SMARTS) is 1. The summed E-state index contributed by atoms with van der Waals surface area (Å²) in [5, 5.41) is 12.0. The van der Waals surface area contributed by atoms with Gasteiger partial charge in [-0.2, -0.15) is 0 Å². The molecular weight excluding hydrogens is 503 g/mol. The number of halogens is 1. The zero-order valence-electron chi connectivity index (χ0n) is 21.7. The van der Waals surface area contributed by atoms with E-state index in [0.29, 0.717) is 13.1 Å². The third-order valence-electron chi connectivity index (χ3n) is 6.57. The maximum absolute atomic E-state index is 12.8. The van der Waals surface area contributed by atoms with Crippen molar-refractivity contribution in [2.75, 3.05) is 31.6 Å². The van der Waals surface area contributed by atoms with E-state index in [2.05, 4.69) is 29.6 Å².